The summed E-state index contributed by atoms with van der Waals surface area (Å²) < 4.78 is 22.6. The summed E-state index contributed by atoms with van der Waals surface area (Å²) in [5.74, 6) is 0.970. The zero-order valence-electron chi connectivity index (χ0n) is 15.9. The second-order valence-corrected chi connectivity index (χ2v) is 6.70. The van der Waals surface area contributed by atoms with Crippen LogP contribution in [0.15, 0.2) is 61.3 Å². The van der Waals surface area contributed by atoms with Crippen molar-refractivity contribution in [1.29, 1.82) is 0 Å². The number of pyridine rings is 1. The molecule has 5 aromatic rings. The van der Waals surface area contributed by atoms with Gasteiger partial charge in [-0.15, -0.1) is 0 Å². The van der Waals surface area contributed by atoms with Gasteiger partial charge >= 0.3 is 0 Å². The van der Waals surface area contributed by atoms with Gasteiger partial charge < -0.3 is 15.8 Å². The molecule has 3 heterocycles. The number of nitrogen functional groups attached to an aromatic ring is 1. The predicted octanol–water partition coefficient (Wildman–Crippen LogP) is 4.24. The Kier molecular flexibility index (Phi) is 4.13. The van der Waals surface area contributed by atoms with Gasteiger partial charge in [-0.1, -0.05) is 0 Å². The first-order chi connectivity index (χ1) is 14.6. The average Bonchev–Trinajstić information content (AvgIpc) is 3.22. The number of hydrogen-bond acceptors (Lipinski definition) is 7. The maximum Gasteiger partial charge on any atom is 0.158 e. The van der Waals surface area contributed by atoms with Crippen LogP contribution in [0.3, 0.4) is 0 Å². The average molecular weight is 401 g/mol. The van der Waals surface area contributed by atoms with Crippen LogP contribution in [0.4, 0.5) is 21.6 Å². The number of hydrogen-bond donors (Lipinski definition) is 2. The summed E-state index contributed by atoms with van der Waals surface area (Å²) >= 11 is 0. The minimum atomic E-state index is -0.438. The van der Waals surface area contributed by atoms with Crippen molar-refractivity contribution in [1.82, 2.24) is 24.6 Å². The van der Waals surface area contributed by atoms with E-state index in [4.69, 9.17) is 10.5 Å². The highest BCUT2D eigenvalue weighted by Crippen LogP contribution is 2.33. The summed E-state index contributed by atoms with van der Waals surface area (Å²) in [6.07, 6.45) is 4.60. The Morgan fingerprint density at radius 2 is 1.93 bits per heavy atom. The highest BCUT2D eigenvalue weighted by Gasteiger charge is 2.14. The third-order valence-corrected chi connectivity index (χ3v) is 4.73. The fourth-order valence-corrected chi connectivity index (χ4v) is 3.16. The number of aromatic nitrogens is 5. The molecule has 0 aliphatic rings. The fourth-order valence-electron chi connectivity index (χ4n) is 3.16. The number of nitrogens with two attached hydrogens (primary N) is 1. The summed E-state index contributed by atoms with van der Waals surface area (Å²) in [6.45, 7) is 1.65. The van der Waals surface area contributed by atoms with E-state index in [2.05, 4.69) is 25.4 Å². The molecule has 3 N–H and O–H groups in total. The minimum Gasteiger partial charge on any atom is -0.457 e. The van der Waals surface area contributed by atoms with Crippen LogP contribution < -0.4 is 15.8 Å². The molecule has 8 nitrogen and oxygen atoms in total. The van der Waals surface area contributed by atoms with Crippen LogP contribution in [0.2, 0.25) is 0 Å². The number of nitrogens with one attached hydrogen (secondary N) is 1. The molecule has 0 aliphatic heterocycles. The van der Waals surface area contributed by atoms with Crippen LogP contribution in [0.5, 0.6) is 11.5 Å². The second kappa shape index (κ2) is 6.96. The fraction of sp³-hybridized carbons (Fsp3) is 0.0476. The van der Waals surface area contributed by atoms with Gasteiger partial charge in [0.25, 0.3) is 0 Å². The van der Waals surface area contributed by atoms with Crippen LogP contribution >= 0.6 is 0 Å². The Hall–Kier alpha value is -4.27. The number of fused-ring (bicyclic) bond motifs is 2. The summed E-state index contributed by atoms with van der Waals surface area (Å²) in [7, 11) is 0. The highest BCUT2D eigenvalue weighted by atomic mass is 19.1. The van der Waals surface area contributed by atoms with E-state index in [1.807, 2.05) is 0 Å². The Balaban J connectivity index is 1.46. The van der Waals surface area contributed by atoms with Crippen LogP contribution in [-0.2, 0) is 0 Å². The first kappa shape index (κ1) is 17.8. The molecule has 0 saturated carbocycles. The summed E-state index contributed by atoms with van der Waals surface area (Å²) in [5.41, 5.74) is 8.43. The highest BCUT2D eigenvalue weighted by molar-refractivity contribution is 5.92. The summed E-state index contributed by atoms with van der Waals surface area (Å²) in [6, 6.07) is 12.1. The molecule has 0 amide bonds. The van der Waals surface area contributed by atoms with E-state index in [-0.39, 0.29) is 5.69 Å². The Morgan fingerprint density at radius 3 is 2.83 bits per heavy atom. The maximum absolute atomic E-state index is 15.1. The minimum absolute atomic E-state index is 0.273. The Morgan fingerprint density at radius 1 is 1.03 bits per heavy atom. The lowest BCUT2D eigenvalue weighted by Gasteiger charge is -2.14. The summed E-state index contributed by atoms with van der Waals surface area (Å²) in [5, 5.41) is 7.78. The van der Waals surface area contributed by atoms with E-state index in [1.165, 1.54) is 12.7 Å². The Labute approximate surface area is 170 Å². The third kappa shape index (κ3) is 3.12. The molecule has 0 radical (unpaired) electrons. The van der Waals surface area contributed by atoms with Crippen molar-refractivity contribution in [3.05, 3.63) is 72.7 Å². The lowest BCUT2D eigenvalue weighted by molar-refractivity contribution is 0.471. The van der Waals surface area contributed by atoms with Gasteiger partial charge in [-0.05, 0) is 43.3 Å². The molecule has 0 saturated heterocycles. The zero-order valence-corrected chi connectivity index (χ0v) is 15.9. The molecule has 0 fully saturated rings. The molecule has 0 atom stereocenters. The molecule has 2 aromatic carbocycles. The molecule has 0 spiro atoms. The number of benzene rings is 2. The molecule has 148 valence electrons. The molecule has 5 rings (SSSR count). The standard InChI is InChI=1S/C21H16FN7O/c1-12-18(30-14-6-7-29-19(9-14)25-11-27-29)5-4-17(20(12)22)28-21-15-8-13(23)2-3-16(15)24-10-26-21/h2-11H,23H2,1H3,(H,24,26,28). The third-order valence-electron chi connectivity index (χ3n) is 4.73. The molecule has 3 aromatic heterocycles. The van der Waals surface area contributed by atoms with Gasteiger partial charge in [-0.2, -0.15) is 5.10 Å². The van der Waals surface area contributed by atoms with E-state index >= 15 is 4.39 Å². The smallest absolute Gasteiger partial charge is 0.158 e. The number of nitrogens with zero attached hydrogens (tertiary/aromatic N) is 5. The van der Waals surface area contributed by atoms with Crippen LogP contribution in [0.1, 0.15) is 5.56 Å². The molecule has 30 heavy (non-hydrogen) atoms. The van der Waals surface area contributed by atoms with Crippen LogP contribution in [0.25, 0.3) is 16.6 Å². The van der Waals surface area contributed by atoms with Crippen molar-refractivity contribution in [2.75, 3.05) is 11.1 Å². The first-order valence-corrected chi connectivity index (χ1v) is 9.12. The number of ether oxygens (including phenoxy) is 1. The maximum atomic E-state index is 15.1. The Bertz CT molecular complexity index is 1400. The van der Waals surface area contributed by atoms with Crippen LogP contribution in [-0.4, -0.2) is 24.6 Å². The molecule has 0 bridgehead atoms. The quantitative estimate of drug-likeness (QED) is 0.434. The van der Waals surface area contributed by atoms with Crippen molar-refractivity contribution in [2.24, 2.45) is 0 Å². The van der Waals surface area contributed by atoms with Gasteiger partial charge in [0.15, 0.2) is 11.5 Å². The van der Waals surface area contributed by atoms with Crippen LogP contribution in [0, 0.1) is 12.7 Å². The van der Waals surface area contributed by atoms with Crippen molar-refractivity contribution in [2.45, 2.75) is 6.92 Å². The van der Waals surface area contributed by atoms with Crippen molar-refractivity contribution < 1.29 is 9.13 Å². The molecule has 0 unspecified atom stereocenters. The van der Waals surface area contributed by atoms with Crippen molar-refractivity contribution >= 4 is 33.7 Å². The van der Waals surface area contributed by atoms with Gasteiger partial charge in [0.2, 0.25) is 0 Å². The summed E-state index contributed by atoms with van der Waals surface area (Å²) in [4.78, 5) is 12.6. The van der Waals surface area contributed by atoms with E-state index in [0.29, 0.717) is 45.1 Å². The molecular formula is C21H16FN7O. The SMILES string of the molecule is Cc1c(Oc2ccn3ncnc3c2)ccc(Nc2ncnc3ccc(N)cc23)c1F. The van der Waals surface area contributed by atoms with E-state index < -0.39 is 5.82 Å². The largest absolute Gasteiger partial charge is 0.457 e. The topological polar surface area (TPSA) is 103 Å². The van der Waals surface area contributed by atoms with Gasteiger partial charge in [-0.25, -0.2) is 23.9 Å². The van der Waals surface area contributed by atoms with Gasteiger partial charge in [0.1, 0.15) is 30.0 Å². The lowest BCUT2D eigenvalue weighted by atomic mass is 10.1. The number of anilines is 3. The van der Waals surface area contributed by atoms with Gasteiger partial charge in [0.05, 0.1) is 11.2 Å². The first-order valence-electron chi connectivity index (χ1n) is 9.12. The lowest BCUT2D eigenvalue weighted by Crippen LogP contribution is -2.01. The monoisotopic (exact) mass is 401 g/mol. The van der Waals surface area contributed by atoms with E-state index in [9.17, 15) is 0 Å². The molecule has 9 heteroatoms. The number of rotatable bonds is 4. The molecule has 0 aliphatic carbocycles. The van der Waals surface area contributed by atoms with E-state index in [1.54, 1.807) is 60.1 Å². The molecular weight excluding hydrogens is 385 g/mol. The van der Waals surface area contributed by atoms with E-state index in [0.717, 1.165) is 0 Å². The number of halogens is 1. The zero-order chi connectivity index (χ0) is 20.7. The normalized spacial score (nSPS) is 11.1. The van der Waals surface area contributed by atoms with Crippen molar-refractivity contribution in [3.8, 4) is 11.5 Å². The van der Waals surface area contributed by atoms with Crippen molar-refractivity contribution in [3.63, 3.8) is 0 Å². The van der Waals surface area contributed by atoms with Gasteiger partial charge in [0, 0.05) is 28.9 Å². The predicted molar refractivity (Wildman–Crippen MR) is 111 cm³/mol. The van der Waals surface area contributed by atoms with Gasteiger partial charge in [-0.3, -0.25) is 0 Å². The second-order valence-electron chi connectivity index (χ2n) is 6.70.